The van der Waals surface area contributed by atoms with Crippen molar-refractivity contribution in [3.8, 4) is 0 Å². The fraction of sp³-hybridized carbons (Fsp3) is 0.0714. The van der Waals surface area contributed by atoms with Crippen LogP contribution in [0.2, 0.25) is 0 Å². The smallest absolute Gasteiger partial charge is 0.289 e. The van der Waals surface area contributed by atoms with Crippen LogP contribution in [0.15, 0.2) is 36.4 Å². The number of halogens is 6. The Morgan fingerprint density at radius 2 is 1.38 bits per heavy atom. The number of alkyl halides is 3. The van der Waals surface area contributed by atoms with E-state index in [2.05, 4.69) is 0 Å². The zero-order valence-electron chi connectivity index (χ0n) is 10.1. The van der Waals surface area contributed by atoms with Gasteiger partial charge in [0.15, 0.2) is 5.78 Å². The number of hydrogen-bond donors (Lipinski definition) is 0. The first kappa shape index (κ1) is 15.1. The van der Waals surface area contributed by atoms with Crippen molar-refractivity contribution in [3.63, 3.8) is 0 Å². The molecule has 0 unspecified atom stereocenters. The molecule has 0 aliphatic rings. The molecule has 0 aromatic heterocycles. The maximum Gasteiger partial charge on any atom is 0.417 e. The third-order valence-electron chi connectivity index (χ3n) is 2.66. The summed E-state index contributed by atoms with van der Waals surface area (Å²) in [6.07, 6.45) is -4.90. The molecule has 0 saturated heterocycles. The highest BCUT2D eigenvalue weighted by atomic mass is 19.4. The minimum Gasteiger partial charge on any atom is -0.289 e. The van der Waals surface area contributed by atoms with Gasteiger partial charge in [-0.25, -0.2) is 13.2 Å². The van der Waals surface area contributed by atoms with Gasteiger partial charge < -0.3 is 0 Å². The zero-order chi connectivity index (χ0) is 15.8. The van der Waals surface area contributed by atoms with E-state index in [0.29, 0.717) is 36.4 Å². The molecule has 0 amide bonds. The Balaban J connectivity index is 2.60. The Hall–Kier alpha value is -2.31. The molecule has 1 nitrogen and oxygen atoms in total. The van der Waals surface area contributed by atoms with Gasteiger partial charge in [-0.3, -0.25) is 4.79 Å². The van der Waals surface area contributed by atoms with Crippen molar-refractivity contribution < 1.29 is 31.1 Å². The molecule has 0 atom stereocenters. The Labute approximate surface area is 114 Å². The maximum absolute atomic E-state index is 13.1. The number of carbonyl (C=O) groups excluding carboxylic acids is 1. The van der Waals surface area contributed by atoms with E-state index in [0.717, 1.165) is 0 Å². The lowest BCUT2D eigenvalue weighted by Gasteiger charge is -2.12. The highest BCUT2D eigenvalue weighted by Crippen LogP contribution is 2.33. The summed E-state index contributed by atoms with van der Waals surface area (Å²) < 4.78 is 77.5. The highest BCUT2D eigenvalue weighted by Gasteiger charge is 2.35. The Morgan fingerprint density at radius 3 is 1.90 bits per heavy atom. The van der Waals surface area contributed by atoms with Gasteiger partial charge in [-0.15, -0.1) is 0 Å². The molecule has 0 spiro atoms. The molecule has 0 heterocycles. The van der Waals surface area contributed by atoms with E-state index in [1.165, 1.54) is 0 Å². The second kappa shape index (κ2) is 5.23. The van der Waals surface area contributed by atoms with E-state index in [1.54, 1.807) is 0 Å². The molecule has 0 radical (unpaired) electrons. The Kier molecular flexibility index (Phi) is 3.76. The average Bonchev–Trinajstić information content (AvgIpc) is 2.35. The van der Waals surface area contributed by atoms with Gasteiger partial charge in [-0.05, 0) is 30.3 Å². The fourth-order valence-electron chi connectivity index (χ4n) is 1.79. The van der Waals surface area contributed by atoms with Gasteiger partial charge in [0.2, 0.25) is 0 Å². The van der Waals surface area contributed by atoms with Crippen LogP contribution >= 0.6 is 0 Å². The van der Waals surface area contributed by atoms with Gasteiger partial charge in [-0.2, -0.15) is 13.2 Å². The summed E-state index contributed by atoms with van der Waals surface area (Å²) in [5.74, 6) is -4.63. The molecule has 0 aliphatic carbocycles. The molecule has 110 valence electrons. The summed E-state index contributed by atoms with van der Waals surface area (Å²) in [4.78, 5) is 12.0. The van der Waals surface area contributed by atoms with Gasteiger partial charge in [0.05, 0.1) is 5.56 Å². The van der Waals surface area contributed by atoms with Gasteiger partial charge in [-0.1, -0.05) is 0 Å². The molecule has 21 heavy (non-hydrogen) atoms. The molecule has 7 heteroatoms. The summed E-state index contributed by atoms with van der Waals surface area (Å²) in [6.45, 7) is 0. The summed E-state index contributed by atoms with van der Waals surface area (Å²) in [5, 5.41) is 0. The minimum absolute atomic E-state index is 0.383. The van der Waals surface area contributed by atoms with E-state index < -0.39 is 46.1 Å². The van der Waals surface area contributed by atoms with Gasteiger partial charge in [0, 0.05) is 17.2 Å². The third kappa shape index (κ3) is 3.24. The van der Waals surface area contributed by atoms with Crippen LogP contribution in [-0.4, -0.2) is 5.78 Å². The zero-order valence-corrected chi connectivity index (χ0v) is 10.1. The van der Waals surface area contributed by atoms with Gasteiger partial charge in [0.25, 0.3) is 0 Å². The summed E-state index contributed by atoms with van der Waals surface area (Å²) in [5.41, 5.74) is -3.02. The van der Waals surface area contributed by atoms with Crippen molar-refractivity contribution in [1.82, 2.24) is 0 Å². The first-order valence-corrected chi connectivity index (χ1v) is 5.56. The van der Waals surface area contributed by atoms with Crippen molar-refractivity contribution in [2.45, 2.75) is 6.18 Å². The lowest BCUT2D eigenvalue weighted by atomic mass is 9.97. The number of ketones is 1. The van der Waals surface area contributed by atoms with E-state index >= 15 is 0 Å². The normalized spacial score (nSPS) is 11.5. The standard InChI is InChI=1S/C14H6F6O/c15-8-1-2-12(14(18,19)20)11(6-8)13(21)7-3-9(16)5-10(17)4-7/h1-6H. The van der Waals surface area contributed by atoms with Crippen LogP contribution in [0.25, 0.3) is 0 Å². The second-order valence-electron chi connectivity index (χ2n) is 4.17. The van der Waals surface area contributed by atoms with Crippen LogP contribution in [-0.2, 0) is 6.18 Å². The largest absolute Gasteiger partial charge is 0.417 e. The van der Waals surface area contributed by atoms with Crippen LogP contribution in [0.4, 0.5) is 26.3 Å². The molecule has 0 saturated carbocycles. The molecule has 2 aromatic carbocycles. The van der Waals surface area contributed by atoms with Crippen LogP contribution in [0, 0.1) is 17.5 Å². The molecule has 2 rings (SSSR count). The van der Waals surface area contributed by atoms with E-state index in [1.807, 2.05) is 0 Å². The average molecular weight is 304 g/mol. The monoisotopic (exact) mass is 304 g/mol. The Morgan fingerprint density at radius 1 is 0.810 bits per heavy atom. The van der Waals surface area contributed by atoms with Gasteiger partial charge in [0.1, 0.15) is 17.5 Å². The minimum atomic E-state index is -4.90. The Bertz CT molecular complexity index is 685. The second-order valence-corrected chi connectivity index (χ2v) is 4.17. The molecule has 0 aliphatic heterocycles. The summed E-state index contributed by atoms with van der Waals surface area (Å²) in [7, 11) is 0. The predicted molar refractivity (Wildman–Crippen MR) is 61.2 cm³/mol. The van der Waals surface area contributed by atoms with Crippen molar-refractivity contribution in [1.29, 1.82) is 0 Å². The van der Waals surface area contributed by atoms with Crippen LogP contribution in [0.1, 0.15) is 21.5 Å². The van der Waals surface area contributed by atoms with Crippen molar-refractivity contribution in [2.24, 2.45) is 0 Å². The van der Waals surface area contributed by atoms with E-state index in [4.69, 9.17) is 0 Å². The molecule has 0 N–H and O–H groups in total. The van der Waals surface area contributed by atoms with Crippen LogP contribution in [0.5, 0.6) is 0 Å². The first-order chi connectivity index (χ1) is 9.68. The van der Waals surface area contributed by atoms with Crippen molar-refractivity contribution >= 4 is 5.78 Å². The quantitative estimate of drug-likeness (QED) is 0.595. The lowest BCUT2D eigenvalue weighted by molar-refractivity contribution is -0.137. The summed E-state index contributed by atoms with van der Waals surface area (Å²) in [6, 6.07) is 2.96. The first-order valence-electron chi connectivity index (χ1n) is 5.56. The van der Waals surface area contributed by atoms with Crippen LogP contribution in [0.3, 0.4) is 0 Å². The summed E-state index contributed by atoms with van der Waals surface area (Å²) >= 11 is 0. The van der Waals surface area contributed by atoms with Crippen molar-refractivity contribution in [3.05, 3.63) is 70.5 Å². The maximum atomic E-state index is 13.1. The molecule has 0 bridgehead atoms. The predicted octanol–water partition coefficient (Wildman–Crippen LogP) is 4.35. The SMILES string of the molecule is O=C(c1cc(F)cc(F)c1)c1cc(F)ccc1C(F)(F)F. The fourth-order valence-corrected chi connectivity index (χ4v) is 1.79. The molecular weight excluding hydrogens is 298 g/mol. The van der Waals surface area contributed by atoms with Crippen molar-refractivity contribution in [2.75, 3.05) is 0 Å². The lowest BCUT2D eigenvalue weighted by Crippen LogP contribution is -2.14. The topological polar surface area (TPSA) is 17.1 Å². The van der Waals surface area contributed by atoms with Gasteiger partial charge >= 0.3 is 6.18 Å². The molecular formula is C14H6F6O. The highest BCUT2D eigenvalue weighted by molar-refractivity contribution is 6.10. The van der Waals surface area contributed by atoms with Crippen LogP contribution < -0.4 is 0 Å². The molecule has 0 fully saturated rings. The number of carbonyl (C=O) groups is 1. The number of rotatable bonds is 2. The number of benzene rings is 2. The van der Waals surface area contributed by atoms with E-state index in [-0.39, 0.29) is 0 Å². The van der Waals surface area contributed by atoms with E-state index in [9.17, 15) is 31.1 Å². The number of hydrogen-bond acceptors (Lipinski definition) is 1. The third-order valence-corrected chi connectivity index (χ3v) is 2.66. The molecule has 2 aromatic rings.